The lowest BCUT2D eigenvalue weighted by Gasteiger charge is -2.40. The predicted molar refractivity (Wildman–Crippen MR) is 170 cm³/mol. The number of benzene rings is 1. The number of fused-ring (bicyclic) bond motifs is 1. The van der Waals surface area contributed by atoms with Crippen molar-refractivity contribution >= 4 is 29.1 Å². The van der Waals surface area contributed by atoms with E-state index in [0.717, 1.165) is 25.2 Å². The second-order valence-electron chi connectivity index (χ2n) is 12.3. The van der Waals surface area contributed by atoms with Crippen molar-refractivity contribution in [2.45, 2.75) is 77.7 Å². The third-order valence-electron chi connectivity index (χ3n) is 9.59. The zero-order chi connectivity index (χ0) is 31.5. The number of hydrogen-bond donors (Lipinski definition) is 1. The number of likely N-dealkylation sites (tertiary alicyclic amines) is 1. The van der Waals surface area contributed by atoms with Gasteiger partial charge in [-0.1, -0.05) is 32.9 Å². The van der Waals surface area contributed by atoms with E-state index in [1.807, 2.05) is 45.0 Å². The molecule has 3 heterocycles. The van der Waals surface area contributed by atoms with Crippen molar-refractivity contribution in [2.24, 2.45) is 17.8 Å². The zero-order valence-electron chi connectivity index (χ0n) is 26.6. The molecule has 4 rings (SSSR count). The summed E-state index contributed by atoms with van der Waals surface area (Å²) in [5.74, 6) is -2.28. The molecule has 236 valence electrons. The van der Waals surface area contributed by atoms with Crippen molar-refractivity contribution in [3.8, 4) is 0 Å². The van der Waals surface area contributed by atoms with Crippen molar-refractivity contribution in [1.29, 1.82) is 0 Å². The first-order chi connectivity index (χ1) is 20.6. The van der Waals surface area contributed by atoms with Gasteiger partial charge in [0.25, 0.3) is 5.91 Å². The Kier molecular flexibility index (Phi) is 10.4. The van der Waals surface area contributed by atoms with E-state index in [2.05, 4.69) is 31.9 Å². The molecule has 3 aliphatic rings. The Morgan fingerprint density at radius 3 is 2.23 bits per heavy atom. The molecule has 6 atom stereocenters. The van der Waals surface area contributed by atoms with Gasteiger partial charge in [-0.15, -0.1) is 13.2 Å². The van der Waals surface area contributed by atoms with Crippen LogP contribution in [0.3, 0.4) is 0 Å². The fourth-order valence-electron chi connectivity index (χ4n) is 7.59. The highest BCUT2D eigenvalue weighted by Crippen LogP contribution is 2.59. The minimum Gasteiger partial charge on any atom is -0.394 e. The molecule has 0 aliphatic carbocycles. The van der Waals surface area contributed by atoms with E-state index in [9.17, 15) is 19.5 Å². The van der Waals surface area contributed by atoms with Crippen LogP contribution in [-0.4, -0.2) is 95.7 Å². The van der Waals surface area contributed by atoms with Crippen LogP contribution in [0.1, 0.15) is 53.9 Å². The maximum Gasteiger partial charge on any atom is 0.253 e. The van der Waals surface area contributed by atoms with Crippen molar-refractivity contribution in [2.75, 3.05) is 49.1 Å². The fourth-order valence-corrected chi connectivity index (χ4v) is 7.59. The molecule has 3 saturated heterocycles. The Balaban J connectivity index is 1.79. The van der Waals surface area contributed by atoms with Gasteiger partial charge in [-0.25, -0.2) is 0 Å². The van der Waals surface area contributed by atoms with Gasteiger partial charge in [0.05, 0.1) is 30.6 Å². The lowest BCUT2D eigenvalue weighted by molar-refractivity contribution is -0.148. The summed E-state index contributed by atoms with van der Waals surface area (Å²) >= 11 is 0. The maximum absolute atomic E-state index is 14.8. The number of anilines is 2. The molecule has 43 heavy (non-hydrogen) atoms. The number of rotatable bonds is 15. The molecular weight excluding hydrogens is 544 g/mol. The summed E-state index contributed by atoms with van der Waals surface area (Å²) < 4.78 is 6.68. The number of amides is 3. The van der Waals surface area contributed by atoms with E-state index in [4.69, 9.17) is 4.74 Å². The predicted octanol–water partition coefficient (Wildman–Crippen LogP) is 3.87. The summed E-state index contributed by atoms with van der Waals surface area (Å²) in [6, 6.07) is 6.28. The number of carbonyl (C=O) groups is 3. The number of aliphatic hydroxyl groups is 1. The van der Waals surface area contributed by atoms with Crippen molar-refractivity contribution in [1.82, 2.24) is 9.80 Å². The SMILES string of the molecule is C=CCN(CCC)C(=O)[C@@H]1[C@H]2C(=O)N([C@@H](CO)C(C)C)C(C(=O)N(CC=C)c3ccc(N(CC)CC)cc3)C23CC[C@H]1O3. The molecule has 3 amide bonds. The van der Waals surface area contributed by atoms with Crippen molar-refractivity contribution < 1.29 is 24.2 Å². The summed E-state index contributed by atoms with van der Waals surface area (Å²) in [5, 5.41) is 10.5. The second-order valence-corrected chi connectivity index (χ2v) is 12.3. The zero-order valence-corrected chi connectivity index (χ0v) is 26.6. The van der Waals surface area contributed by atoms with Gasteiger partial charge in [0.1, 0.15) is 11.6 Å². The van der Waals surface area contributed by atoms with Gasteiger partial charge in [-0.3, -0.25) is 14.4 Å². The molecule has 0 aromatic heterocycles. The normalized spacial score (nSPS) is 26.4. The molecule has 9 nitrogen and oxygen atoms in total. The van der Waals surface area contributed by atoms with Crippen LogP contribution in [0.25, 0.3) is 0 Å². The van der Waals surface area contributed by atoms with Gasteiger partial charge in [-0.2, -0.15) is 0 Å². The first kappa shape index (κ1) is 32.7. The molecule has 1 N–H and O–H groups in total. The molecule has 0 radical (unpaired) electrons. The first-order valence-electron chi connectivity index (χ1n) is 15.9. The monoisotopic (exact) mass is 594 g/mol. The van der Waals surface area contributed by atoms with Crippen molar-refractivity contribution in [3.63, 3.8) is 0 Å². The van der Waals surface area contributed by atoms with Gasteiger partial charge < -0.3 is 29.4 Å². The van der Waals surface area contributed by atoms with E-state index >= 15 is 0 Å². The minimum atomic E-state index is -1.14. The molecule has 3 aliphatic heterocycles. The number of ether oxygens (including phenoxy) is 1. The number of nitrogens with zero attached hydrogens (tertiary/aromatic N) is 4. The van der Waals surface area contributed by atoms with Crippen LogP contribution in [0.2, 0.25) is 0 Å². The number of aliphatic hydroxyl groups excluding tert-OH is 1. The Morgan fingerprint density at radius 1 is 1.07 bits per heavy atom. The molecule has 2 bridgehead atoms. The summed E-state index contributed by atoms with van der Waals surface area (Å²) in [7, 11) is 0. The first-order valence-corrected chi connectivity index (χ1v) is 15.9. The Hall–Kier alpha value is -3.17. The topological polar surface area (TPSA) is 93.6 Å². The minimum absolute atomic E-state index is 0.121. The smallest absolute Gasteiger partial charge is 0.253 e. The van der Waals surface area contributed by atoms with Gasteiger partial charge >= 0.3 is 0 Å². The van der Waals surface area contributed by atoms with E-state index < -0.39 is 35.6 Å². The largest absolute Gasteiger partial charge is 0.394 e. The molecule has 1 spiro atoms. The van der Waals surface area contributed by atoms with E-state index in [0.29, 0.717) is 31.6 Å². The maximum atomic E-state index is 14.8. The molecule has 9 heteroatoms. The number of hydrogen-bond acceptors (Lipinski definition) is 6. The molecule has 1 aromatic carbocycles. The highest BCUT2D eigenvalue weighted by Gasteiger charge is 2.75. The summed E-state index contributed by atoms with van der Waals surface area (Å²) in [5.41, 5.74) is 0.610. The van der Waals surface area contributed by atoms with Crippen LogP contribution in [0.4, 0.5) is 11.4 Å². The van der Waals surface area contributed by atoms with Gasteiger partial charge in [0, 0.05) is 44.1 Å². The fraction of sp³-hybridized carbons (Fsp3) is 0.618. The van der Waals surface area contributed by atoms with Crippen molar-refractivity contribution in [3.05, 3.63) is 49.6 Å². The van der Waals surface area contributed by atoms with Gasteiger partial charge in [0.2, 0.25) is 11.8 Å². The van der Waals surface area contributed by atoms with Crippen LogP contribution in [0.5, 0.6) is 0 Å². The molecular formula is C34H50N4O5. The average Bonchev–Trinajstić information content (AvgIpc) is 3.64. The van der Waals surface area contributed by atoms with Gasteiger partial charge in [0.15, 0.2) is 0 Å². The molecule has 0 saturated carbocycles. The lowest BCUT2D eigenvalue weighted by atomic mass is 9.70. The highest BCUT2D eigenvalue weighted by atomic mass is 16.5. The number of carbonyl (C=O) groups excluding carboxylic acids is 3. The third kappa shape index (κ3) is 5.62. The van der Waals surface area contributed by atoms with Crippen LogP contribution in [0.15, 0.2) is 49.6 Å². The van der Waals surface area contributed by atoms with E-state index in [1.54, 1.807) is 26.9 Å². The van der Waals surface area contributed by atoms with Crippen LogP contribution < -0.4 is 9.80 Å². The Morgan fingerprint density at radius 2 is 1.70 bits per heavy atom. The Bertz CT molecular complexity index is 1180. The molecule has 1 aromatic rings. The van der Waals surface area contributed by atoms with E-state index in [-0.39, 0.29) is 36.8 Å². The quantitative estimate of drug-likeness (QED) is 0.310. The second kappa shape index (κ2) is 13.6. The summed E-state index contributed by atoms with van der Waals surface area (Å²) in [6.45, 7) is 20.4. The lowest BCUT2D eigenvalue weighted by Crippen LogP contribution is -2.59. The standard InChI is InChI=1S/C34H50N4O5/c1-8-19-36(20-9-2)31(40)28-27-17-18-34(43-27)29(28)32(41)38(26(22-39)23(6)7)30(34)33(42)37(21-10-3)25-15-13-24(14-16-25)35(11-4)12-5/h8,10,13-16,23,26-30,39H,1,3,9,11-12,17-22H2,2,4-7H3/t26-,27+,28-,29-,30?,34?/m0/s1. The average molecular weight is 595 g/mol. The molecule has 2 unspecified atom stereocenters. The van der Waals surface area contributed by atoms with Crippen LogP contribution >= 0.6 is 0 Å². The highest BCUT2D eigenvalue weighted by molar-refractivity contribution is 6.05. The molecule has 3 fully saturated rings. The van der Waals surface area contributed by atoms with E-state index in [1.165, 1.54) is 0 Å². The van der Waals surface area contributed by atoms with Crippen LogP contribution in [-0.2, 0) is 19.1 Å². The Labute approximate surface area is 257 Å². The summed E-state index contributed by atoms with van der Waals surface area (Å²) in [6.07, 6.45) is 4.81. The van der Waals surface area contributed by atoms with Gasteiger partial charge in [-0.05, 0) is 63.3 Å². The third-order valence-corrected chi connectivity index (χ3v) is 9.59. The van der Waals surface area contributed by atoms with Crippen LogP contribution in [0, 0.1) is 17.8 Å². The summed E-state index contributed by atoms with van der Waals surface area (Å²) in [4.78, 5) is 50.5.